The van der Waals surface area contributed by atoms with Crippen LogP contribution >= 0.6 is 11.3 Å². The van der Waals surface area contributed by atoms with Crippen LogP contribution < -0.4 is 4.74 Å². The van der Waals surface area contributed by atoms with Gasteiger partial charge in [0.25, 0.3) is 0 Å². The highest BCUT2D eigenvalue weighted by Crippen LogP contribution is 2.48. The number of ether oxygens (including phenoxy) is 1. The first kappa shape index (κ1) is 31.3. The molecule has 1 aliphatic heterocycles. The van der Waals surface area contributed by atoms with Gasteiger partial charge < -0.3 is 9.84 Å². The number of nitrogens with zero attached hydrogens (tertiary/aromatic N) is 3. The number of rotatable bonds is 14. The van der Waals surface area contributed by atoms with Crippen molar-refractivity contribution < 1.29 is 14.6 Å². The summed E-state index contributed by atoms with van der Waals surface area (Å²) in [6.45, 7) is 9.26. The lowest BCUT2D eigenvalue weighted by Gasteiger charge is -2.41. The minimum absolute atomic E-state index is 0.0884. The highest BCUT2D eigenvalue weighted by atomic mass is 32.1. The molecular weight excluding hydrogens is 566 g/mol. The summed E-state index contributed by atoms with van der Waals surface area (Å²) in [4.78, 5) is 25.3. The zero-order valence-corrected chi connectivity index (χ0v) is 26.8. The van der Waals surface area contributed by atoms with Gasteiger partial charge in [-0.2, -0.15) is 0 Å². The fourth-order valence-corrected chi connectivity index (χ4v) is 6.99. The van der Waals surface area contributed by atoms with E-state index in [-0.39, 0.29) is 23.6 Å². The van der Waals surface area contributed by atoms with E-state index < -0.39 is 5.97 Å². The maximum absolute atomic E-state index is 11.2. The minimum atomic E-state index is -1.04. The number of hydrogen-bond acceptors (Lipinski definition) is 6. The van der Waals surface area contributed by atoms with Gasteiger partial charge in [-0.25, -0.2) is 9.78 Å². The summed E-state index contributed by atoms with van der Waals surface area (Å²) in [5, 5.41) is 12.0. The first-order chi connectivity index (χ1) is 21.3. The van der Waals surface area contributed by atoms with E-state index in [0.29, 0.717) is 17.6 Å². The number of aromatic carboxylic acids is 1. The van der Waals surface area contributed by atoms with Crippen LogP contribution in [-0.2, 0) is 6.61 Å². The smallest absolute Gasteiger partial charge is 0.337 e. The number of carboxylic acid groups (broad SMARTS) is 1. The van der Waals surface area contributed by atoms with Gasteiger partial charge in [0.05, 0.1) is 23.0 Å². The van der Waals surface area contributed by atoms with Crippen molar-refractivity contribution in [2.75, 3.05) is 0 Å². The average molecular weight is 608 g/mol. The zero-order valence-electron chi connectivity index (χ0n) is 25.9. The predicted molar refractivity (Wildman–Crippen MR) is 179 cm³/mol. The van der Waals surface area contributed by atoms with E-state index >= 15 is 0 Å². The Morgan fingerprint density at radius 1 is 0.955 bits per heavy atom. The first-order valence-corrected chi connectivity index (χ1v) is 16.4. The third-order valence-corrected chi connectivity index (χ3v) is 9.31. The van der Waals surface area contributed by atoms with Gasteiger partial charge in [0.15, 0.2) is 0 Å². The largest absolute Gasteiger partial charge is 0.485 e. The zero-order chi connectivity index (χ0) is 31.1. The highest BCUT2D eigenvalue weighted by molar-refractivity contribution is 7.09. The van der Waals surface area contributed by atoms with Crippen molar-refractivity contribution in [1.82, 2.24) is 9.97 Å². The highest BCUT2D eigenvalue weighted by Gasteiger charge is 2.45. The molecule has 1 aliphatic rings. The molecule has 2 aromatic heterocycles. The monoisotopic (exact) mass is 607 g/mol. The van der Waals surface area contributed by atoms with Crippen molar-refractivity contribution >= 4 is 23.5 Å². The van der Waals surface area contributed by atoms with Gasteiger partial charge in [-0.1, -0.05) is 95.1 Å². The summed E-state index contributed by atoms with van der Waals surface area (Å²) in [6.07, 6.45) is 13.8. The van der Waals surface area contributed by atoms with Crippen LogP contribution in [0.5, 0.6) is 5.75 Å². The lowest BCUT2D eigenvalue weighted by atomic mass is 9.66. The molecule has 0 spiro atoms. The fourth-order valence-electron chi connectivity index (χ4n) is 6.28. The fraction of sp³-hybridized carbons (Fsp3) is 0.351. The third-order valence-electron chi connectivity index (χ3n) is 8.49. The maximum Gasteiger partial charge on any atom is 0.337 e. The lowest BCUT2D eigenvalue weighted by Crippen LogP contribution is -2.40. The van der Waals surface area contributed by atoms with Gasteiger partial charge in [-0.3, -0.25) is 9.98 Å². The Morgan fingerprint density at radius 2 is 1.61 bits per heavy atom. The molecule has 0 saturated carbocycles. The van der Waals surface area contributed by atoms with E-state index in [4.69, 9.17) is 14.7 Å². The van der Waals surface area contributed by atoms with Gasteiger partial charge in [0.1, 0.15) is 17.4 Å². The second-order valence-electron chi connectivity index (χ2n) is 11.8. The number of thiazole rings is 1. The Labute approximate surface area is 264 Å². The number of aromatic nitrogens is 2. The quantitative estimate of drug-likeness (QED) is 0.154. The van der Waals surface area contributed by atoms with Crippen LogP contribution in [0.4, 0.5) is 0 Å². The molecule has 6 nitrogen and oxygen atoms in total. The molecule has 3 heterocycles. The molecule has 1 N–H and O–H groups in total. The van der Waals surface area contributed by atoms with Gasteiger partial charge in [-0.05, 0) is 53.5 Å². The van der Waals surface area contributed by atoms with Crippen LogP contribution in [0.1, 0.15) is 97.3 Å². The van der Waals surface area contributed by atoms with Crippen molar-refractivity contribution in [3.05, 3.63) is 112 Å². The molecule has 228 valence electrons. The van der Waals surface area contributed by atoms with Crippen molar-refractivity contribution in [3.8, 4) is 17.0 Å². The van der Waals surface area contributed by atoms with Crippen LogP contribution in [0, 0.1) is 5.92 Å². The summed E-state index contributed by atoms with van der Waals surface area (Å²) in [7, 11) is 0. The average Bonchev–Trinajstić information content (AvgIpc) is 3.72. The number of carboxylic acids is 1. The summed E-state index contributed by atoms with van der Waals surface area (Å²) in [6, 6.07) is 19.4. The Bertz CT molecular complexity index is 1590. The summed E-state index contributed by atoms with van der Waals surface area (Å²) < 4.78 is 5.79. The number of benzene rings is 2. The van der Waals surface area contributed by atoms with Crippen LogP contribution in [0.15, 0.2) is 89.5 Å². The Morgan fingerprint density at radius 3 is 2.20 bits per heavy atom. The number of pyridine rings is 1. The van der Waals surface area contributed by atoms with E-state index in [1.807, 2.05) is 11.6 Å². The van der Waals surface area contributed by atoms with Gasteiger partial charge in [-0.15, -0.1) is 11.3 Å². The van der Waals surface area contributed by atoms with Crippen LogP contribution in [-0.4, -0.2) is 32.8 Å². The summed E-state index contributed by atoms with van der Waals surface area (Å²) in [5.74, 6) is 0.374. The van der Waals surface area contributed by atoms with Gasteiger partial charge in [0, 0.05) is 29.3 Å². The van der Waals surface area contributed by atoms with E-state index in [1.165, 1.54) is 46.5 Å². The van der Waals surface area contributed by atoms with Crippen molar-refractivity contribution in [3.63, 3.8) is 0 Å². The van der Waals surface area contributed by atoms with E-state index in [0.717, 1.165) is 41.9 Å². The molecular formula is C37H41N3O3S. The standard InChI is InChI=1S/C37H41N3O3S/c1-5-8-31(9-6-2)37(18-7-19-39-37)35(28-14-10-26(11-15-28)25(3)4)29-16-12-27(13-17-29)33-24-44-34(40-33)23-43-32-20-30(36(41)42)21-38-22-32/h7,10-22,24-25,31,35H,5-6,8-9,23H2,1-4H3,(H,41,42). The first-order valence-electron chi connectivity index (χ1n) is 15.5. The Hall–Kier alpha value is -4.10. The molecule has 2 atom stereocenters. The molecule has 0 aliphatic carbocycles. The lowest BCUT2D eigenvalue weighted by molar-refractivity contribution is 0.0695. The second kappa shape index (κ2) is 14.1. The van der Waals surface area contributed by atoms with Gasteiger partial charge >= 0.3 is 5.97 Å². The third kappa shape index (κ3) is 6.83. The van der Waals surface area contributed by atoms with Crippen molar-refractivity contribution in [2.24, 2.45) is 10.9 Å². The van der Waals surface area contributed by atoms with Crippen LogP contribution in [0.3, 0.4) is 0 Å². The topological polar surface area (TPSA) is 84.7 Å². The number of hydrogen-bond donors (Lipinski definition) is 1. The van der Waals surface area contributed by atoms with E-state index in [9.17, 15) is 9.90 Å². The SMILES string of the molecule is CCCC(CCC)C1(C(c2ccc(-c3csc(COc4cncc(C(=O)O)c4)n3)cc2)c2ccc(C(C)C)cc2)C=CC=N1. The van der Waals surface area contributed by atoms with Crippen molar-refractivity contribution in [1.29, 1.82) is 0 Å². The maximum atomic E-state index is 11.2. The number of allylic oxidation sites excluding steroid dienone is 1. The van der Waals surface area contributed by atoms with Crippen LogP contribution in [0.25, 0.3) is 11.3 Å². The summed E-state index contributed by atoms with van der Waals surface area (Å²) in [5.41, 5.74) is 5.57. The molecule has 0 radical (unpaired) electrons. The molecule has 4 aromatic rings. The molecule has 0 bridgehead atoms. The molecule has 2 unspecified atom stereocenters. The van der Waals surface area contributed by atoms with Crippen molar-refractivity contribution in [2.45, 2.75) is 77.4 Å². The molecule has 44 heavy (non-hydrogen) atoms. The molecule has 0 saturated heterocycles. The van der Waals surface area contributed by atoms with Gasteiger partial charge in [0.2, 0.25) is 0 Å². The molecule has 5 rings (SSSR count). The van der Waals surface area contributed by atoms with Crippen LogP contribution in [0.2, 0.25) is 0 Å². The molecule has 0 fully saturated rings. The second-order valence-corrected chi connectivity index (χ2v) is 12.7. The Balaban J connectivity index is 1.43. The molecule has 2 aromatic carbocycles. The summed E-state index contributed by atoms with van der Waals surface area (Å²) >= 11 is 1.52. The number of carbonyl (C=O) groups is 1. The number of aliphatic imine (C=N–C) groups is 1. The van der Waals surface area contributed by atoms with E-state index in [1.54, 1.807) is 0 Å². The normalized spacial score (nSPS) is 16.6. The molecule has 0 amide bonds. The Kier molecular flexibility index (Phi) is 10.1. The van der Waals surface area contributed by atoms with E-state index in [2.05, 4.69) is 93.4 Å². The molecule has 7 heteroatoms. The minimum Gasteiger partial charge on any atom is -0.485 e. The predicted octanol–water partition coefficient (Wildman–Crippen LogP) is 9.33.